The first kappa shape index (κ1) is 15.3. The highest BCUT2D eigenvalue weighted by Crippen LogP contribution is 2.17. The number of hydrogen-bond donors (Lipinski definition) is 2. The number of halogens is 1. The molecule has 0 saturated carbocycles. The SMILES string of the molecule is CC(C)N(Cc1cccc(Cl)c1)C(=O)C1CC(O)CN1. The number of benzene rings is 1. The summed E-state index contributed by atoms with van der Waals surface area (Å²) in [5.41, 5.74) is 1.01. The predicted octanol–water partition coefficient (Wildman–Crippen LogP) is 1.80. The zero-order valence-electron chi connectivity index (χ0n) is 11.8. The first-order chi connectivity index (χ1) is 9.47. The molecule has 20 heavy (non-hydrogen) atoms. The van der Waals surface area contributed by atoms with E-state index in [4.69, 9.17) is 11.6 Å². The molecular formula is C15H21ClN2O2. The molecule has 2 rings (SSSR count). The minimum absolute atomic E-state index is 0.0384. The first-order valence-electron chi connectivity index (χ1n) is 6.93. The lowest BCUT2D eigenvalue weighted by atomic mass is 10.1. The average Bonchev–Trinajstić information content (AvgIpc) is 2.82. The number of nitrogens with one attached hydrogen (secondary N) is 1. The summed E-state index contributed by atoms with van der Waals surface area (Å²) in [5, 5.41) is 13.3. The molecule has 2 N–H and O–H groups in total. The van der Waals surface area contributed by atoms with Gasteiger partial charge in [-0.05, 0) is 38.0 Å². The number of β-amino-alcohol motifs (C(OH)–C–C–N with tert-alkyl or cyclic N) is 1. The number of rotatable bonds is 4. The van der Waals surface area contributed by atoms with Crippen molar-refractivity contribution in [2.45, 2.75) is 45.0 Å². The molecule has 0 radical (unpaired) electrons. The molecular weight excluding hydrogens is 276 g/mol. The van der Waals surface area contributed by atoms with Gasteiger partial charge in [-0.25, -0.2) is 0 Å². The molecule has 0 aromatic heterocycles. The average molecular weight is 297 g/mol. The van der Waals surface area contributed by atoms with E-state index in [0.717, 1.165) is 5.56 Å². The van der Waals surface area contributed by atoms with Gasteiger partial charge < -0.3 is 15.3 Å². The van der Waals surface area contributed by atoms with E-state index in [0.29, 0.717) is 24.5 Å². The molecule has 1 heterocycles. The van der Waals surface area contributed by atoms with Gasteiger partial charge in [0.2, 0.25) is 5.91 Å². The molecule has 2 unspecified atom stereocenters. The summed E-state index contributed by atoms with van der Waals surface area (Å²) in [7, 11) is 0. The number of carbonyl (C=O) groups excluding carboxylic acids is 1. The fraction of sp³-hybridized carbons (Fsp3) is 0.533. The summed E-state index contributed by atoms with van der Waals surface area (Å²) in [6.07, 6.45) is 0.0570. The van der Waals surface area contributed by atoms with Crippen molar-refractivity contribution in [2.75, 3.05) is 6.54 Å². The highest BCUT2D eigenvalue weighted by atomic mass is 35.5. The number of aliphatic hydroxyl groups is 1. The Bertz CT molecular complexity index is 479. The van der Waals surface area contributed by atoms with E-state index in [-0.39, 0.29) is 18.0 Å². The molecule has 110 valence electrons. The molecule has 1 aromatic carbocycles. The Morgan fingerprint density at radius 3 is 2.85 bits per heavy atom. The lowest BCUT2D eigenvalue weighted by molar-refractivity contribution is -0.135. The van der Waals surface area contributed by atoms with Gasteiger partial charge >= 0.3 is 0 Å². The zero-order chi connectivity index (χ0) is 14.7. The van der Waals surface area contributed by atoms with Gasteiger partial charge in [0.15, 0.2) is 0 Å². The summed E-state index contributed by atoms with van der Waals surface area (Å²) in [6.45, 7) is 5.01. The summed E-state index contributed by atoms with van der Waals surface area (Å²) >= 11 is 5.98. The number of amides is 1. The smallest absolute Gasteiger partial charge is 0.240 e. The molecule has 0 spiro atoms. The van der Waals surface area contributed by atoms with Gasteiger partial charge in [0.1, 0.15) is 0 Å². The molecule has 5 heteroatoms. The number of aliphatic hydroxyl groups excluding tert-OH is 1. The minimum atomic E-state index is -0.427. The quantitative estimate of drug-likeness (QED) is 0.891. The lowest BCUT2D eigenvalue weighted by Crippen LogP contribution is -2.46. The van der Waals surface area contributed by atoms with Crippen LogP contribution in [0.3, 0.4) is 0 Å². The van der Waals surface area contributed by atoms with Crippen LogP contribution >= 0.6 is 11.6 Å². The second kappa shape index (κ2) is 6.57. The Morgan fingerprint density at radius 2 is 2.30 bits per heavy atom. The summed E-state index contributed by atoms with van der Waals surface area (Å²) in [5.74, 6) is 0.0384. The fourth-order valence-electron chi connectivity index (χ4n) is 2.45. The van der Waals surface area contributed by atoms with E-state index in [2.05, 4.69) is 5.32 Å². The monoisotopic (exact) mass is 296 g/mol. The van der Waals surface area contributed by atoms with Gasteiger partial charge in [-0.3, -0.25) is 4.79 Å². The van der Waals surface area contributed by atoms with Crippen LogP contribution in [0.2, 0.25) is 5.02 Å². The lowest BCUT2D eigenvalue weighted by Gasteiger charge is -2.29. The molecule has 1 aliphatic heterocycles. The third kappa shape index (κ3) is 3.72. The van der Waals surface area contributed by atoms with Crippen LogP contribution in [0, 0.1) is 0 Å². The van der Waals surface area contributed by atoms with Gasteiger partial charge in [-0.2, -0.15) is 0 Å². The van der Waals surface area contributed by atoms with Crippen molar-refractivity contribution in [2.24, 2.45) is 0 Å². The fourth-order valence-corrected chi connectivity index (χ4v) is 2.67. The maximum Gasteiger partial charge on any atom is 0.240 e. The van der Waals surface area contributed by atoms with Crippen LogP contribution in [-0.4, -0.2) is 40.6 Å². The molecule has 0 aliphatic carbocycles. The van der Waals surface area contributed by atoms with Crippen molar-refractivity contribution in [1.29, 1.82) is 0 Å². The summed E-state index contributed by atoms with van der Waals surface area (Å²) in [6, 6.07) is 7.36. The van der Waals surface area contributed by atoms with Crippen LogP contribution in [0.1, 0.15) is 25.8 Å². The van der Waals surface area contributed by atoms with Crippen molar-refractivity contribution >= 4 is 17.5 Å². The minimum Gasteiger partial charge on any atom is -0.392 e. The molecule has 0 bridgehead atoms. The highest BCUT2D eigenvalue weighted by Gasteiger charge is 2.32. The van der Waals surface area contributed by atoms with Gasteiger partial charge in [0.25, 0.3) is 0 Å². The van der Waals surface area contributed by atoms with Crippen molar-refractivity contribution in [3.05, 3.63) is 34.9 Å². The van der Waals surface area contributed by atoms with Gasteiger partial charge in [-0.15, -0.1) is 0 Å². The van der Waals surface area contributed by atoms with Crippen molar-refractivity contribution in [1.82, 2.24) is 10.2 Å². The van der Waals surface area contributed by atoms with Crippen LogP contribution in [0.25, 0.3) is 0 Å². The van der Waals surface area contributed by atoms with Gasteiger partial charge in [0.05, 0.1) is 12.1 Å². The second-order valence-electron chi connectivity index (χ2n) is 5.54. The highest BCUT2D eigenvalue weighted by molar-refractivity contribution is 6.30. The predicted molar refractivity (Wildman–Crippen MR) is 79.6 cm³/mol. The van der Waals surface area contributed by atoms with Crippen LogP contribution in [-0.2, 0) is 11.3 Å². The Kier molecular flexibility index (Phi) is 5.02. The molecule has 1 fully saturated rings. The Morgan fingerprint density at radius 1 is 1.55 bits per heavy atom. The Balaban J connectivity index is 2.09. The van der Waals surface area contributed by atoms with Crippen LogP contribution in [0.5, 0.6) is 0 Å². The van der Waals surface area contributed by atoms with E-state index >= 15 is 0 Å². The molecule has 1 saturated heterocycles. The third-order valence-electron chi connectivity index (χ3n) is 3.55. The molecule has 2 atom stereocenters. The zero-order valence-corrected chi connectivity index (χ0v) is 12.6. The van der Waals surface area contributed by atoms with E-state index in [9.17, 15) is 9.90 Å². The molecule has 4 nitrogen and oxygen atoms in total. The number of carbonyl (C=O) groups is 1. The third-order valence-corrected chi connectivity index (χ3v) is 3.79. The van der Waals surface area contributed by atoms with E-state index < -0.39 is 6.10 Å². The van der Waals surface area contributed by atoms with E-state index in [1.54, 1.807) is 0 Å². The van der Waals surface area contributed by atoms with Crippen LogP contribution in [0.4, 0.5) is 0 Å². The molecule has 1 amide bonds. The normalized spacial score (nSPS) is 22.2. The maximum absolute atomic E-state index is 12.5. The van der Waals surface area contributed by atoms with Crippen molar-refractivity contribution in [3.63, 3.8) is 0 Å². The van der Waals surface area contributed by atoms with Crippen molar-refractivity contribution in [3.8, 4) is 0 Å². The Labute approximate surface area is 124 Å². The van der Waals surface area contributed by atoms with E-state index in [1.807, 2.05) is 43.0 Å². The maximum atomic E-state index is 12.5. The number of hydrogen-bond acceptors (Lipinski definition) is 3. The van der Waals surface area contributed by atoms with Crippen LogP contribution < -0.4 is 5.32 Å². The van der Waals surface area contributed by atoms with Gasteiger partial charge in [0, 0.05) is 24.2 Å². The summed E-state index contributed by atoms with van der Waals surface area (Å²) in [4.78, 5) is 14.4. The number of nitrogens with zero attached hydrogens (tertiary/aromatic N) is 1. The molecule has 1 aromatic rings. The van der Waals surface area contributed by atoms with Crippen molar-refractivity contribution < 1.29 is 9.90 Å². The topological polar surface area (TPSA) is 52.6 Å². The second-order valence-corrected chi connectivity index (χ2v) is 5.98. The largest absolute Gasteiger partial charge is 0.392 e. The molecule has 1 aliphatic rings. The Hall–Kier alpha value is -1.10. The standard InChI is InChI=1S/C15H21ClN2O2/c1-10(2)18(9-11-4-3-5-12(16)6-11)15(20)14-7-13(19)8-17-14/h3-6,10,13-14,17,19H,7-9H2,1-2H3. The first-order valence-corrected chi connectivity index (χ1v) is 7.31. The van der Waals surface area contributed by atoms with Crippen LogP contribution in [0.15, 0.2) is 24.3 Å². The summed E-state index contributed by atoms with van der Waals surface area (Å²) < 4.78 is 0. The van der Waals surface area contributed by atoms with E-state index in [1.165, 1.54) is 0 Å². The van der Waals surface area contributed by atoms with Gasteiger partial charge in [-0.1, -0.05) is 23.7 Å².